The maximum atomic E-state index is 11.2. The molecule has 94 valence electrons. The number of rotatable bonds is 2. The predicted octanol–water partition coefficient (Wildman–Crippen LogP) is 4.90. The zero-order valence-corrected chi connectivity index (χ0v) is 12.6. The summed E-state index contributed by atoms with van der Waals surface area (Å²) in [7, 11) is 0. The lowest BCUT2D eigenvalue weighted by Gasteiger charge is -2.17. The van der Waals surface area contributed by atoms with Crippen LogP contribution >= 0.6 is 62.3 Å². The normalized spacial score (nSPS) is 13.0. The Bertz CT molecular complexity index is 390. The van der Waals surface area contributed by atoms with Crippen LogP contribution in [0.25, 0.3) is 0 Å². The topological polar surface area (TPSA) is 35.5 Å². The number of hydrogen-bond donors (Lipinski definition) is 0. The highest BCUT2D eigenvalue weighted by molar-refractivity contribution is 9.10. The molecule has 17 heavy (non-hydrogen) atoms. The minimum absolute atomic E-state index is 0.284. The Morgan fingerprint density at radius 2 is 1.76 bits per heavy atom. The summed E-state index contributed by atoms with van der Waals surface area (Å²) in [5.41, 5.74) is -1.43. The number of benzene rings is 1. The molecule has 3 nitrogen and oxygen atoms in total. The second-order valence-electron chi connectivity index (χ2n) is 2.78. The SMILES string of the molecule is O=C(Oc1ccc(Br)cc1)OC(Cl)C(Cl)(Cl)Cl. The fourth-order valence-electron chi connectivity index (χ4n) is 0.774. The van der Waals surface area contributed by atoms with Crippen LogP contribution in [0, 0.1) is 0 Å². The van der Waals surface area contributed by atoms with E-state index in [2.05, 4.69) is 20.7 Å². The standard InChI is InChI=1S/C9H5BrCl4O3/c10-5-1-3-6(4-2-5)16-8(15)17-7(11)9(12,13)14/h1-4,7H. The van der Waals surface area contributed by atoms with E-state index in [1.54, 1.807) is 24.3 Å². The highest BCUT2D eigenvalue weighted by atomic mass is 79.9. The fraction of sp³-hybridized carbons (Fsp3) is 0.222. The molecule has 0 bridgehead atoms. The first-order valence-corrected chi connectivity index (χ1v) is 6.50. The largest absolute Gasteiger partial charge is 0.515 e. The molecule has 0 amide bonds. The molecule has 0 aliphatic heterocycles. The van der Waals surface area contributed by atoms with Gasteiger partial charge in [-0.2, -0.15) is 0 Å². The van der Waals surface area contributed by atoms with Crippen molar-refractivity contribution in [3.05, 3.63) is 28.7 Å². The minimum Gasteiger partial charge on any atom is -0.410 e. The molecule has 0 heterocycles. The van der Waals surface area contributed by atoms with Gasteiger partial charge in [-0.1, -0.05) is 62.3 Å². The molecule has 0 spiro atoms. The molecule has 0 saturated heterocycles. The molecule has 8 heteroatoms. The van der Waals surface area contributed by atoms with Crippen molar-refractivity contribution >= 4 is 68.5 Å². The van der Waals surface area contributed by atoms with Crippen LogP contribution in [0.15, 0.2) is 28.7 Å². The van der Waals surface area contributed by atoms with E-state index in [1.165, 1.54) is 0 Å². The van der Waals surface area contributed by atoms with E-state index < -0.39 is 15.5 Å². The van der Waals surface area contributed by atoms with Crippen LogP contribution in [0.2, 0.25) is 0 Å². The van der Waals surface area contributed by atoms with Gasteiger partial charge in [-0.05, 0) is 24.3 Å². The Kier molecular flexibility index (Phi) is 5.67. The molecule has 0 saturated carbocycles. The average Bonchev–Trinajstić information content (AvgIpc) is 2.20. The Hall–Kier alpha value is 0.130. The lowest BCUT2D eigenvalue weighted by molar-refractivity contribution is 0.0882. The van der Waals surface area contributed by atoms with Crippen LogP contribution in [0.4, 0.5) is 4.79 Å². The minimum atomic E-state index is -1.92. The van der Waals surface area contributed by atoms with Crippen molar-refractivity contribution < 1.29 is 14.3 Å². The van der Waals surface area contributed by atoms with Crippen molar-refractivity contribution in [2.24, 2.45) is 0 Å². The molecule has 0 N–H and O–H groups in total. The van der Waals surface area contributed by atoms with Gasteiger partial charge in [0.1, 0.15) is 5.75 Å². The second kappa shape index (κ2) is 6.34. The van der Waals surface area contributed by atoms with Gasteiger partial charge in [0, 0.05) is 4.47 Å². The van der Waals surface area contributed by atoms with Crippen molar-refractivity contribution in [3.63, 3.8) is 0 Å². The number of ether oxygens (including phenoxy) is 2. The number of hydrogen-bond acceptors (Lipinski definition) is 3. The Labute approximate surface area is 126 Å². The zero-order chi connectivity index (χ0) is 13.1. The smallest absolute Gasteiger partial charge is 0.410 e. The van der Waals surface area contributed by atoms with Gasteiger partial charge in [0.15, 0.2) is 0 Å². The van der Waals surface area contributed by atoms with Gasteiger partial charge in [-0.3, -0.25) is 0 Å². The van der Waals surface area contributed by atoms with Crippen LogP contribution in [0.5, 0.6) is 5.75 Å². The summed E-state index contributed by atoms with van der Waals surface area (Å²) >= 11 is 25.0. The first kappa shape index (κ1) is 15.2. The first-order valence-electron chi connectivity index (χ1n) is 4.14. The summed E-state index contributed by atoms with van der Waals surface area (Å²) in [6, 6.07) is 6.50. The van der Waals surface area contributed by atoms with Crippen LogP contribution in [-0.2, 0) is 4.74 Å². The molecule has 1 atom stereocenters. The van der Waals surface area contributed by atoms with Crippen molar-refractivity contribution in [3.8, 4) is 5.75 Å². The van der Waals surface area contributed by atoms with Gasteiger partial charge in [0.2, 0.25) is 9.36 Å². The average molecular weight is 383 g/mol. The maximum absolute atomic E-state index is 11.2. The molecule has 1 rings (SSSR count). The van der Waals surface area contributed by atoms with E-state index in [-0.39, 0.29) is 5.75 Å². The van der Waals surface area contributed by atoms with E-state index in [0.717, 1.165) is 4.47 Å². The summed E-state index contributed by atoms with van der Waals surface area (Å²) < 4.78 is 8.26. The molecular weight excluding hydrogens is 378 g/mol. The third-order valence-electron chi connectivity index (χ3n) is 1.47. The maximum Gasteiger partial charge on any atom is 0.515 e. The summed E-state index contributed by atoms with van der Waals surface area (Å²) in [4.78, 5) is 11.2. The molecule has 1 unspecified atom stereocenters. The summed E-state index contributed by atoms with van der Waals surface area (Å²) in [5.74, 6) is 0.284. The third-order valence-corrected chi connectivity index (χ3v) is 3.35. The fourth-order valence-corrected chi connectivity index (χ4v) is 1.24. The monoisotopic (exact) mass is 380 g/mol. The third kappa shape index (κ3) is 5.53. The van der Waals surface area contributed by atoms with Gasteiger partial charge in [-0.15, -0.1) is 0 Å². The van der Waals surface area contributed by atoms with Gasteiger partial charge < -0.3 is 9.47 Å². The Morgan fingerprint density at radius 1 is 1.24 bits per heavy atom. The van der Waals surface area contributed by atoms with E-state index in [9.17, 15) is 4.79 Å². The highest BCUT2D eigenvalue weighted by Crippen LogP contribution is 2.34. The number of carbonyl (C=O) groups is 1. The van der Waals surface area contributed by atoms with Crippen molar-refractivity contribution in [1.29, 1.82) is 0 Å². The quantitative estimate of drug-likeness (QED) is 0.414. The van der Waals surface area contributed by atoms with Crippen LogP contribution in [-0.4, -0.2) is 15.5 Å². The Balaban J connectivity index is 2.53. The van der Waals surface area contributed by atoms with Crippen molar-refractivity contribution in [2.45, 2.75) is 9.36 Å². The highest BCUT2D eigenvalue weighted by Gasteiger charge is 2.34. The first-order chi connectivity index (χ1) is 7.79. The van der Waals surface area contributed by atoms with E-state index in [4.69, 9.17) is 51.1 Å². The lowest BCUT2D eigenvalue weighted by atomic mass is 10.3. The molecule has 0 fully saturated rings. The number of carbonyl (C=O) groups excluding carboxylic acids is 1. The second-order valence-corrected chi connectivity index (χ2v) is 6.46. The molecule has 0 aromatic heterocycles. The number of alkyl halides is 4. The summed E-state index contributed by atoms with van der Waals surface area (Å²) in [5, 5.41) is 0. The van der Waals surface area contributed by atoms with Gasteiger partial charge in [0.05, 0.1) is 0 Å². The molecule has 0 radical (unpaired) electrons. The van der Waals surface area contributed by atoms with Crippen LogP contribution < -0.4 is 4.74 Å². The van der Waals surface area contributed by atoms with E-state index in [0.29, 0.717) is 0 Å². The van der Waals surface area contributed by atoms with Gasteiger partial charge >= 0.3 is 6.16 Å². The van der Waals surface area contributed by atoms with E-state index >= 15 is 0 Å². The summed E-state index contributed by atoms with van der Waals surface area (Å²) in [6.07, 6.45) is -1.06. The van der Waals surface area contributed by atoms with Crippen LogP contribution in [0.3, 0.4) is 0 Å². The molecular formula is C9H5BrCl4O3. The van der Waals surface area contributed by atoms with Gasteiger partial charge in [-0.25, -0.2) is 4.79 Å². The van der Waals surface area contributed by atoms with Crippen LogP contribution in [0.1, 0.15) is 0 Å². The Morgan fingerprint density at radius 3 is 2.24 bits per heavy atom. The number of halogens is 5. The molecule has 0 aliphatic rings. The zero-order valence-electron chi connectivity index (χ0n) is 8.00. The summed E-state index contributed by atoms with van der Waals surface area (Å²) in [6.45, 7) is 0. The molecule has 0 aliphatic carbocycles. The van der Waals surface area contributed by atoms with Gasteiger partial charge in [0.25, 0.3) is 0 Å². The van der Waals surface area contributed by atoms with Crippen molar-refractivity contribution in [1.82, 2.24) is 0 Å². The molecule has 1 aromatic carbocycles. The predicted molar refractivity (Wildman–Crippen MR) is 71.2 cm³/mol. The van der Waals surface area contributed by atoms with E-state index in [1.807, 2.05) is 0 Å². The lowest BCUT2D eigenvalue weighted by Crippen LogP contribution is -2.27. The molecule has 1 aromatic rings. The van der Waals surface area contributed by atoms with Crippen molar-refractivity contribution in [2.75, 3.05) is 0 Å².